The van der Waals surface area contributed by atoms with Crippen molar-refractivity contribution in [3.05, 3.63) is 0 Å². The van der Waals surface area contributed by atoms with Gasteiger partial charge in [0.15, 0.2) is 9.84 Å². The van der Waals surface area contributed by atoms with Crippen molar-refractivity contribution in [3.63, 3.8) is 0 Å². The molecule has 5 heteroatoms. The Morgan fingerprint density at radius 2 is 1.71 bits per heavy atom. The van der Waals surface area contributed by atoms with Crippen molar-refractivity contribution < 1.29 is 13.2 Å². The largest absolute Gasteiger partial charge is 0.329 e. The summed E-state index contributed by atoms with van der Waals surface area (Å²) in [7, 11) is -3.14. The molecule has 0 aromatic heterocycles. The van der Waals surface area contributed by atoms with Crippen LogP contribution in [0.15, 0.2) is 0 Å². The maximum absolute atomic E-state index is 12.1. The topological polar surface area (TPSA) is 77.2 Å². The highest BCUT2D eigenvalue weighted by Gasteiger charge is 2.33. The molecule has 0 spiro atoms. The Balaban J connectivity index is 4.66. The summed E-state index contributed by atoms with van der Waals surface area (Å²) in [6.45, 7) is 7.40. The van der Waals surface area contributed by atoms with Crippen LogP contribution in [0.5, 0.6) is 0 Å². The molecule has 0 fully saturated rings. The van der Waals surface area contributed by atoms with Crippen LogP contribution in [0.2, 0.25) is 0 Å². The number of hydrogen-bond donors (Lipinski definition) is 1. The zero-order valence-electron chi connectivity index (χ0n) is 11.3. The van der Waals surface area contributed by atoms with E-state index in [1.165, 1.54) is 0 Å². The quantitative estimate of drug-likeness (QED) is 0.720. The number of hydrogen-bond acceptors (Lipinski definition) is 4. The summed E-state index contributed by atoms with van der Waals surface area (Å²) in [5, 5.41) is -0.425. The first kappa shape index (κ1) is 16.6. The van der Waals surface area contributed by atoms with Crippen molar-refractivity contribution in [1.82, 2.24) is 0 Å². The van der Waals surface area contributed by atoms with Gasteiger partial charge in [0.1, 0.15) is 5.78 Å². The second kappa shape index (κ2) is 6.50. The third-order valence-corrected chi connectivity index (χ3v) is 5.88. The van der Waals surface area contributed by atoms with Crippen molar-refractivity contribution in [1.29, 1.82) is 0 Å². The van der Waals surface area contributed by atoms with Crippen LogP contribution in [0.1, 0.15) is 47.0 Å². The first-order chi connectivity index (χ1) is 7.75. The van der Waals surface area contributed by atoms with Crippen LogP contribution in [-0.2, 0) is 14.6 Å². The van der Waals surface area contributed by atoms with Gasteiger partial charge in [0.2, 0.25) is 0 Å². The minimum Gasteiger partial charge on any atom is -0.329 e. The lowest BCUT2D eigenvalue weighted by Crippen LogP contribution is -2.38. The molecule has 0 heterocycles. The number of carbonyl (C=O) groups is 1. The normalized spacial score (nSPS) is 13.1. The Bertz CT molecular complexity index is 334. The summed E-state index contributed by atoms with van der Waals surface area (Å²) in [5.74, 6) is -0.0835. The van der Waals surface area contributed by atoms with Gasteiger partial charge in [-0.1, -0.05) is 13.8 Å². The third-order valence-electron chi connectivity index (χ3n) is 3.67. The molecule has 0 saturated heterocycles. The number of Topliss-reactive ketones (excluding diaryl/α,β-unsaturated/α-hetero) is 1. The molecule has 0 rings (SSSR count). The molecule has 0 aromatic rings. The molecule has 0 aliphatic heterocycles. The molecule has 0 amide bonds. The first-order valence-electron chi connectivity index (χ1n) is 6.20. The molecule has 17 heavy (non-hydrogen) atoms. The minimum absolute atomic E-state index is 0.0192. The molecule has 0 atom stereocenters. The average Bonchev–Trinajstić information content (AvgIpc) is 2.29. The van der Waals surface area contributed by atoms with Gasteiger partial charge in [-0.05, 0) is 26.7 Å². The van der Waals surface area contributed by atoms with E-state index in [1.54, 1.807) is 13.8 Å². The standard InChI is InChI=1S/C12H25NO3S/c1-5-12(6-2,9-13)11(14)7-8-17(15,16)10(3)4/h10H,5-9,13H2,1-4H3. The molecule has 0 bridgehead atoms. The van der Waals surface area contributed by atoms with Gasteiger partial charge in [0, 0.05) is 18.4 Å². The predicted molar refractivity (Wildman–Crippen MR) is 70.6 cm³/mol. The van der Waals surface area contributed by atoms with Crippen LogP contribution < -0.4 is 5.73 Å². The van der Waals surface area contributed by atoms with Crippen LogP contribution in [0.4, 0.5) is 0 Å². The lowest BCUT2D eigenvalue weighted by molar-refractivity contribution is -0.128. The number of rotatable bonds is 8. The van der Waals surface area contributed by atoms with Crippen molar-refractivity contribution in [2.24, 2.45) is 11.1 Å². The van der Waals surface area contributed by atoms with Crippen LogP contribution >= 0.6 is 0 Å². The summed E-state index contributed by atoms with van der Waals surface area (Å²) in [6, 6.07) is 0. The zero-order chi connectivity index (χ0) is 13.7. The van der Waals surface area contributed by atoms with E-state index in [9.17, 15) is 13.2 Å². The number of carbonyl (C=O) groups excluding carboxylic acids is 1. The van der Waals surface area contributed by atoms with Gasteiger partial charge in [-0.3, -0.25) is 4.79 Å². The highest BCUT2D eigenvalue weighted by Crippen LogP contribution is 2.27. The Kier molecular flexibility index (Phi) is 6.34. The summed E-state index contributed by atoms with van der Waals surface area (Å²) >= 11 is 0. The molecule has 0 saturated carbocycles. The monoisotopic (exact) mass is 263 g/mol. The number of sulfone groups is 1. The molecule has 4 nitrogen and oxygen atoms in total. The van der Waals surface area contributed by atoms with Crippen LogP contribution in [0.25, 0.3) is 0 Å². The molecule has 0 unspecified atom stereocenters. The van der Waals surface area contributed by atoms with Crippen molar-refractivity contribution >= 4 is 15.6 Å². The van der Waals surface area contributed by atoms with Crippen LogP contribution in [-0.4, -0.2) is 31.7 Å². The fraction of sp³-hybridized carbons (Fsp3) is 0.917. The maximum Gasteiger partial charge on any atom is 0.153 e. The number of nitrogens with two attached hydrogens (primary N) is 1. The second-order valence-electron chi connectivity index (χ2n) is 4.78. The Hall–Kier alpha value is -0.420. The highest BCUT2D eigenvalue weighted by molar-refractivity contribution is 7.91. The lowest BCUT2D eigenvalue weighted by Gasteiger charge is -2.28. The molecule has 0 aromatic carbocycles. The zero-order valence-corrected chi connectivity index (χ0v) is 12.1. The predicted octanol–water partition coefficient (Wildman–Crippen LogP) is 1.53. The van der Waals surface area contributed by atoms with Gasteiger partial charge in [-0.25, -0.2) is 8.42 Å². The molecular formula is C12H25NO3S. The van der Waals surface area contributed by atoms with Crippen molar-refractivity contribution in [3.8, 4) is 0 Å². The van der Waals surface area contributed by atoms with Crippen molar-refractivity contribution in [2.75, 3.05) is 12.3 Å². The van der Waals surface area contributed by atoms with Gasteiger partial charge >= 0.3 is 0 Å². The Labute approximate surface area is 105 Å². The summed E-state index contributed by atoms with van der Waals surface area (Å²) in [6.07, 6.45) is 1.42. The fourth-order valence-electron chi connectivity index (χ4n) is 1.78. The van der Waals surface area contributed by atoms with E-state index in [2.05, 4.69) is 0 Å². The molecule has 2 N–H and O–H groups in total. The SMILES string of the molecule is CCC(CC)(CN)C(=O)CCS(=O)(=O)C(C)C. The first-order valence-corrected chi connectivity index (χ1v) is 7.92. The van der Waals surface area contributed by atoms with Gasteiger partial charge in [0.05, 0.1) is 11.0 Å². The molecular weight excluding hydrogens is 238 g/mol. The van der Waals surface area contributed by atoms with Gasteiger partial charge in [-0.2, -0.15) is 0 Å². The second-order valence-corrected chi connectivity index (χ2v) is 7.46. The number of ketones is 1. The van der Waals surface area contributed by atoms with Crippen LogP contribution in [0, 0.1) is 5.41 Å². The van der Waals surface area contributed by atoms with E-state index >= 15 is 0 Å². The van der Waals surface area contributed by atoms with E-state index in [-0.39, 0.29) is 18.0 Å². The van der Waals surface area contributed by atoms with E-state index in [4.69, 9.17) is 5.73 Å². The van der Waals surface area contributed by atoms with Crippen molar-refractivity contribution in [2.45, 2.75) is 52.2 Å². The van der Waals surface area contributed by atoms with E-state index in [1.807, 2.05) is 13.8 Å². The van der Waals surface area contributed by atoms with Gasteiger partial charge in [-0.15, -0.1) is 0 Å². The lowest BCUT2D eigenvalue weighted by atomic mass is 9.77. The van der Waals surface area contributed by atoms with Gasteiger partial charge < -0.3 is 5.73 Å². The van der Waals surface area contributed by atoms with E-state index < -0.39 is 20.5 Å². The molecule has 0 radical (unpaired) electrons. The summed E-state index contributed by atoms with van der Waals surface area (Å²) in [5.41, 5.74) is 5.12. The smallest absolute Gasteiger partial charge is 0.153 e. The molecule has 102 valence electrons. The maximum atomic E-state index is 12.1. The summed E-state index contributed by atoms with van der Waals surface area (Å²) < 4.78 is 23.3. The van der Waals surface area contributed by atoms with E-state index in [0.29, 0.717) is 19.4 Å². The summed E-state index contributed by atoms with van der Waals surface area (Å²) in [4.78, 5) is 12.1. The molecule has 0 aliphatic carbocycles. The van der Waals surface area contributed by atoms with Crippen LogP contribution in [0.3, 0.4) is 0 Å². The minimum atomic E-state index is -3.14. The van der Waals surface area contributed by atoms with E-state index in [0.717, 1.165) is 0 Å². The average molecular weight is 263 g/mol. The highest BCUT2D eigenvalue weighted by atomic mass is 32.2. The van der Waals surface area contributed by atoms with Gasteiger partial charge in [0.25, 0.3) is 0 Å². The fourth-order valence-corrected chi connectivity index (χ4v) is 2.72. The Morgan fingerprint density at radius 3 is 2.00 bits per heavy atom. The molecule has 0 aliphatic rings. The Morgan fingerprint density at radius 1 is 1.24 bits per heavy atom. The third kappa shape index (κ3) is 4.07.